The number of ketones is 2. The van der Waals surface area contributed by atoms with E-state index >= 15 is 0 Å². The Balaban J connectivity index is 1.98. The summed E-state index contributed by atoms with van der Waals surface area (Å²) in [7, 11) is 0. The molecule has 0 aliphatic heterocycles. The molecule has 0 bridgehead atoms. The minimum absolute atomic E-state index is 0.228. The fourth-order valence-electron chi connectivity index (χ4n) is 5.26. The zero-order chi connectivity index (χ0) is 33.2. The van der Waals surface area contributed by atoms with Crippen molar-refractivity contribution in [3.8, 4) is 23.7 Å². The molecule has 2 atom stereocenters. The predicted molar refractivity (Wildman–Crippen MR) is 182 cm³/mol. The number of Topliss-reactive ketones (excluding diaryl/α,β-unsaturated/α-hetero) is 2. The Hall–Kier alpha value is -3.96. The van der Waals surface area contributed by atoms with Crippen LogP contribution in [-0.4, -0.2) is 34.0 Å². The SMILES string of the molecule is CC(C#CC1=C(C)C(=O)C(O)CC1(C)C)=CC=CC(C)=CC=CC=C(C)C=CC=C(C)C#CC1=C(C)C(=O)C(O)CC1(C)C. The molecule has 2 aliphatic rings. The maximum atomic E-state index is 12.2. The van der Waals surface area contributed by atoms with Gasteiger partial charge in [0.05, 0.1) is 0 Å². The van der Waals surface area contributed by atoms with E-state index in [0.29, 0.717) is 24.0 Å². The summed E-state index contributed by atoms with van der Waals surface area (Å²) in [6.07, 6.45) is 18.8. The molecular weight excluding hydrogens is 544 g/mol. The molecule has 0 aromatic rings. The number of carbonyl (C=O) groups is 2. The highest BCUT2D eigenvalue weighted by Crippen LogP contribution is 2.39. The van der Waals surface area contributed by atoms with Crippen LogP contribution in [0, 0.1) is 34.5 Å². The molecule has 0 saturated carbocycles. The van der Waals surface area contributed by atoms with Crippen LogP contribution in [0.3, 0.4) is 0 Å². The molecule has 0 heterocycles. The van der Waals surface area contributed by atoms with Crippen LogP contribution in [0.5, 0.6) is 0 Å². The number of carbonyl (C=O) groups excluding carboxylic acids is 2. The van der Waals surface area contributed by atoms with E-state index in [1.807, 2.05) is 116 Å². The normalized spacial score (nSPS) is 23.5. The molecule has 2 N–H and O–H groups in total. The van der Waals surface area contributed by atoms with E-state index in [2.05, 4.69) is 23.7 Å². The van der Waals surface area contributed by atoms with Crippen LogP contribution in [0.2, 0.25) is 0 Å². The monoisotopic (exact) mass is 592 g/mol. The van der Waals surface area contributed by atoms with E-state index in [9.17, 15) is 19.8 Å². The molecule has 232 valence electrons. The fourth-order valence-corrected chi connectivity index (χ4v) is 5.26. The molecule has 0 aromatic heterocycles. The number of hydrogen-bond donors (Lipinski definition) is 2. The van der Waals surface area contributed by atoms with Gasteiger partial charge in [0.25, 0.3) is 0 Å². The van der Waals surface area contributed by atoms with Gasteiger partial charge in [-0.05, 0) is 65.5 Å². The Kier molecular flexibility index (Phi) is 12.9. The van der Waals surface area contributed by atoms with Gasteiger partial charge in [0.1, 0.15) is 12.2 Å². The molecule has 0 saturated heterocycles. The lowest BCUT2D eigenvalue weighted by Gasteiger charge is -2.33. The second kappa shape index (κ2) is 15.7. The summed E-state index contributed by atoms with van der Waals surface area (Å²) in [5.74, 6) is 12.2. The summed E-state index contributed by atoms with van der Waals surface area (Å²) >= 11 is 0. The molecule has 0 amide bonds. The van der Waals surface area contributed by atoms with Gasteiger partial charge in [-0.15, -0.1) is 0 Å². The van der Waals surface area contributed by atoms with Crippen molar-refractivity contribution < 1.29 is 19.8 Å². The number of hydrogen-bond acceptors (Lipinski definition) is 4. The van der Waals surface area contributed by atoms with Crippen molar-refractivity contribution in [3.05, 3.63) is 105 Å². The highest BCUT2D eigenvalue weighted by atomic mass is 16.3. The number of aliphatic hydroxyl groups is 2. The summed E-state index contributed by atoms with van der Waals surface area (Å²) in [5, 5.41) is 20.0. The van der Waals surface area contributed by atoms with Crippen molar-refractivity contribution in [1.82, 2.24) is 0 Å². The van der Waals surface area contributed by atoms with Crippen LogP contribution >= 0.6 is 0 Å². The molecular formula is C40H48O4. The lowest BCUT2D eigenvalue weighted by atomic mass is 9.71. The zero-order valence-electron chi connectivity index (χ0n) is 28.1. The van der Waals surface area contributed by atoms with Gasteiger partial charge in [-0.3, -0.25) is 9.59 Å². The van der Waals surface area contributed by atoms with Crippen molar-refractivity contribution in [3.63, 3.8) is 0 Å². The molecule has 0 fully saturated rings. The molecule has 2 rings (SSSR count). The van der Waals surface area contributed by atoms with Crippen LogP contribution < -0.4 is 0 Å². The van der Waals surface area contributed by atoms with Gasteiger partial charge in [0.15, 0.2) is 11.6 Å². The first kappa shape index (κ1) is 36.2. The smallest absolute Gasteiger partial charge is 0.187 e. The quantitative estimate of drug-likeness (QED) is 0.244. The zero-order valence-corrected chi connectivity index (χ0v) is 28.1. The van der Waals surface area contributed by atoms with E-state index in [1.54, 1.807) is 13.8 Å². The molecule has 0 radical (unpaired) electrons. The second-order valence-corrected chi connectivity index (χ2v) is 13.1. The number of allylic oxidation sites excluding steroid dienone is 16. The first-order valence-corrected chi connectivity index (χ1v) is 15.1. The van der Waals surface area contributed by atoms with Gasteiger partial charge in [0.2, 0.25) is 0 Å². The summed E-state index contributed by atoms with van der Waals surface area (Å²) in [5.41, 5.74) is 6.00. The van der Waals surface area contributed by atoms with Gasteiger partial charge in [-0.1, -0.05) is 123 Å². The third-order valence-electron chi connectivity index (χ3n) is 7.86. The minimum Gasteiger partial charge on any atom is -0.385 e. The highest BCUT2D eigenvalue weighted by Gasteiger charge is 2.38. The van der Waals surface area contributed by atoms with E-state index in [0.717, 1.165) is 33.4 Å². The summed E-state index contributed by atoms with van der Waals surface area (Å²) < 4.78 is 0. The molecule has 0 aromatic carbocycles. The summed E-state index contributed by atoms with van der Waals surface area (Å²) in [6.45, 7) is 19.5. The second-order valence-electron chi connectivity index (χ2n) is 13.1. The van der Waals surface area contributed by atoms with Crippen LogP contribution in [0.15, 0.2) is 105 Å². The van der Waals surface area contributed by atoms with Crippen LogP contribution in [0.25, 0.3) is 0 Å². The first-order chi connectivity index (χ1) is 20.5. The molecule has 4 heteroatoms. The Bertz CT molecular complexity index is 1450. The predicted octanol–water partition coefficient (Wildman–Crippen LogP) is 7.80. The van der Waals surface area contributed by atoms with Crippen molar-refractivity contribution in [1.29, 1.82) is 0 Å². The van der Waals surface area contributed by atoms with Crippen molar-refractivity contribution in [2.24, 2.45) is 10.8 Å². The largest absolute Gasteiger partial charge is 0.385 e. The molecule has 2 unspecified atom stereocenters. The molecule has 44 heavy (non-hydrogen) atoms. The molecule has 2 aliphatic carbocycles. The minimum atomic E-state index is -0.943. The number of aliphatic hydroxyl groups excluding tert-OH is 2. The molecule has 4 nitrogen and oxygen atoms in total. The third-order valence-corrected chi connectivity index (χ3v) is 7.86. The Morgan fingerprint density at radius 2 is 0.977 bits per heavy atom. The van der Waals surface area contributed by atoms with Crippen molar-refractivity contribution in [2.45, 2.75) is 94.3 Å². The van der Waals surface area contributed by atoms with E-state index < -0.39 is 12.2 Å². The van der Waals surface area contributed by atoms with Crippen LogP contribution in [0.1, 0.15) is 82.1 Å². The maximum Gasteiger partial charge on any atom is 0.187 e. The highest BCUT2D eigenvalue weighted by molar-refractivity contribution is 6.01. The molecule has 0 spiro atoms. The standard InChI is InChI=1S/C40H48O4/c1-27(17-13-19-29(3)21-23-33-31(5)37(43)35(41)25-39(33,7)8)15-11-12-16-28(2)18-14-20-30(4)22-24-34-32(6)38(44)36(42)26-40(34,9)10/h11-20,35-36,41-42H,25-26H2,1-10H3. The van der Waals surface area contributed by atoms with E-state index in [1.165, 1.54) is 0 Å². The summed E-state index contributed by atoms with van der Waals surface area (Å²) in [4.78, 5) is 24.4. The third kappa shape index (κ3) is 10.3. The van der Waals surface area contributed by atoms with Crippen molar-refractivity contribution >= 4 is 11.6 Å². The Morgan fingerprint density at radius 1 is 0.636 bits per heavy atom. The van der Waals surface area contributed by atoms with E-state index in [4.69, 9.17) is 0 Å². The summed E-state index contributed by atoms with van der Waals surface area (Å²) in [6, 6.07) is 0. The lowest BCUT2D eigenvalue weighted by molar-refractivity contribution is -0.126. The Morgan fingerprint density at radius 3 is 1.32 bits per heavy atom. The van der Waals surface area contributed by atoms with Gasteiger partial charge in [0, 0.05) is 33.1 Å². The maximum absolute atomic E-state index is 12.2. The van der Waals surface area contributed by atoms with Crippen LogP contribution in [0.4, 0.5) is 0 Å². The van der Waals surface area contributed by atoms with Gasteiger partial charge in [-0.25, -0.2) is 0 Å². The Labute approximate surface area is 265 Å². The van der Waals surface area contributed by atoms with E-state index in [-0.39, 0.29) is 22.4 Å². The van der Waals surface area contributed by atoms with Crippen molar-refractivity contribution in [2.75, 3.05) is 0 Å². The van der Waals surface area contributed by atoms with Crippen LogP contribution in [-0.2, 0) is 9.59 Å². The fraction of sp³-hybridized carbons (Fsp3) is 0.400. The first-order valence-electron chi connectivity index (χ1n) is 15.1. The average Bonchev–Trinajstić information content (AvgIpc) is 2.92. The lowest BCUT2D eigenvalue weighted by Crippen LogP contribution is -2.35. The van der Waals surface area contributed by atoms with Gasteiger partial charge < -0.3 is 10.2 Å². The van der Waals surface area contributed by atoms with Gasteiger partial charge >= 0.3 is 0 Å². The topological polar surface area (TPSA) is 74.6 Å². The van der Waals surface area contributed by atoms with Gasteiger partial charge in [-0.2, -0.15) is 0 Å². The number of rotatable bonds is 6. The average molecular weight is 593 g/mol.